The number of nitrogens with one attached hydrogen (secondary N) is 1. The summed E-state index contributed by atoms with van der Waals surface area (Å²) in [5.74, 6) is 0.977. The number of hydrogen-bond acceptors (Lipinski definition) is 7. The second-order valence-corrected chi connectivity index (χ2v) is 4.25. The van der Waals surface area contributed by atoms with Crippen LogP contribution in [-0.4, -0.2) is 42.3 Å². The summed E-state index contributed by atoms with van der Waals surface area (Å²) in [4.78, 5) is 12.2. The van der Waals surface area contributed by atoms with Gasteiger partial charge in [0, 0.05) is 6.54 Å². The molecule has 1 aromatic rings. The van der Waals surface area contributed by atoms with Crippen LogP contribution in [0.3, 0.4) is 0 Å². The van der Waals surface area contributed by atoms with Gasteiger partial charge in [0.15, 0.2) is 0 Å². The Morgan fingerprint density at radius 3 is 2.21 bits per heavy atom. The van der Waals surface area contributed by atoms with Crippen LogP contribution in [0.2, 0.25) is 0 Å². The van der Waals surface area contributed by atoms with Gasteiger partial charge in [0.1, 0.15) is 0 Å². The van der Waals surface area contributed by atoms with Gasteiger partial charge in [-0.3, -0.25) is 0 Å². The Morgan fingerprint density at radius 1 is 1.11 bits per heavy atom. The summed E-state index contributed by atoms with van der Waals surface area (Å²) in [5, 5.41) is 3.19. The van der Waals surface area contributed by atoms with Gasteiger partial charge in [-0.15, -0.1) is 4.98 Å². The molecule has 7 nitrogen and oxygen atoms in total. The molecule has 0 fully saturated rings. The number of ether oxygens (including phenoxy) is 2. The Bertz CT molecular complexity index is 347. The highest BCUT2D eigenvalue weighted by atomic mass is 16.5. The third-order valence-electron chi connectivity index (χ3n) is 2.78. The van der Waals surface area contributed by atoms with Gasteiger partial charge in [-0.2, -0.15) is 9.97 Å². The smallest absolute Gasteiger partial charge is 0.324 e. The number of aromatic nitrogens is 3. The zero-order chi connectivity index (χ0) is 14.1. The predicted molar refractivity (Wildman–Crippen MR) is 73.5 cm³/mol. The maximum atomic E-state index is 5.61. The molecule has 0 spiro atoms. The van der Waals surface area contributed by atoms with Crippen LogP contribution in [-0.2, 0) is 0 Å². The van der Waals surface area contributed by atoms with Gasteiger partial charge in [-0.25, -0.2) is 0 Å². The largest absolute Gasteiger partial charge is 0.467 e. The van der Waals surface area contributed by atoms with E-state index >= 15 is 0 Å². The van der Waals surface area contributed by atoms with Gasteiger partial charge in [-0.1, -0.05) is 13.3 Å². The van der Waals surface area contributed by atoms with E-state index in [1.165, 1.54) is 14.2 Å². The Morgan fingerprint density at radius 2 is 1.74 bits per heavy atom. The second kappa shape index (κ2) is 8.47. The van der Waals surface area contributed by atoms with Crippen LogP contribution >= 0.6 is 0 Å². The molecule has 0 saturated heterocycles. The summed E-state index contributed by atoms with van der Waals surface area (Å²) in [5.41, 5.74) is 5.61. The van der Waals surface area contributed by atoms with E-state index in [0.29, 0.717) is 18.4 Å². The van der Waals surface area contributed by atoms with E-state index in [9.17, 15) is 0 Å². The van der Waals surface area contributed by atoms with E-state index in [4.69, 9.17) is 15.2 Å². The molecular formula is C12H23N5O2. The lowest BCUT2D eigenvalue weighted by atomic mass is 10.00. The zero-order valence-electron chi connectivity index (χ0n) is 11.8. The van der Waals surface area contributed by atoms with E-state index in [2.05, 4.69) is 27.2 Å². The third kappa shape index (κ3) is 5.25. The molecule has 1 aromatic heterocycles. The van der Waals surface area contributed by atoms with Gasteiger partial charge in [-0.05, 0) is 25.3 Å². The minimum absolute atomic E-state index is 0.236. The summed E-state index contributed by atoms with van der Waals surface area (Å²) < 4.78 is 9.99. The van der Waals surface area contributed by atoms with E-state index < -0.39 is 0 Å². The van der Waals surface area contributed by atoms with Crippen molar-refractivity contribution in [1.82, 2.24) is 15.0 Å². The van der Waals surface area contributed by atoms with Crippen LogP contribution in [0.1, 0.15) is 26.2 Å². The Balaban J connectivity index is 2.64. The molecule has 0 aromatic carbocycles. The molecule has 3 N–H and O–H groups in total. The van der Waals surface area contributed by atoms with Crippen molar-refractivity contribution in [2.45, 2.75) is 26.2 Å². The summed E-state index contributed by atoms with van der Waals surface area (Å²) >= 11 is 0. The maximum absolute atomic E-state index is 5.61. The lowest BCUT2D eigenvalue weighted by molar-refractivity contribution is 0.340. The topological polar surface area (TPSA) is 95.2 Å². The normalized spacial score (nSPS) is 12.0. The van der Waals surface area contributed by atoms with Gasteiger partial charge < -0.3 is 20.5 Å². The minimum atomic E-state index is 0.236. The number of hydrogen-bond donors (Lipinski definition) is 2. The van der Waals surface area contributed by atoms with Crippen molar-refractivity contribution in [1.29, 1.82) is 0 Å². The van der Waals surface area contributed by atoms with E-state index in [1.807, 2.05) is 0 Å². The molecule has 1 rings (SSSR count). The monoisotopic (exact) mass is 269 g/mol. The molecule has 0 aliphatic heterocycles. The number of rotatable bonds is 9. The predicted octanol–water partition coefficient (Wildman–Crippen LogP) is 1.07. The first kappa shape index (κ1) is 15.4. The summed E-state index contributed by atoms with van der Waals surface area (Å²) in [6, 6.07) is 0.473. The highest BCUT2D eigenvalue weighted by molar-refractivity contribution is 5.27. The fraction of sp³-hybridized carbons (Fsp3) is 0.750. The van der Waals surface area contributed by atoms with E-state index in [1.54, 1.807) is 0 Å². The molecule has 1 atom stereocenters. The SMILES string of the molecule is CCCC(CCN)CNc1nc(OC)nc(OC)n1. The standard InChI is InChI=1S/C12H23N5O2/c1-4-5-9(6-7-13)8-14-10-15-11(18-2)17-12(16-10)19-3/h9H,4-8,13H2,1-3H3,(H,14,15,16,17). The molecule has 0 saturated carbocycles. The lowest BCUT2D eigenvalue weighted by Gasteiger charge is -2.16. The van der Waals surface area contributed by atoms with Crippen LogP contribution in [0.5, 0.6) is 12.0 Å². The highest BCUT2D eigenvalue weighted by Gasteiger charge is 2.10. The van der Waals surface area contributed by atoms with Crippen LogP contribution in [0.15, 0.2) is 0 Å². The first-order valence-corrected chi connectivity index (χ1v) is 6.51. The first-order valence-electron chi connectivity index (χ1n) is 6.51. The van der Waals surface area contributed by atoms with Crippen molar-refractivity contribution in [3.63, 3.8) is 0 Å². The van der Waals surface area contributed by atoms with Crippen LogP contribution < -0.4 is 20.5 Å². The number of methoxy groups -OCH3 is 2. The highest BCUT2D eigenvalue weighted by Crippen LogP contribution is 2.14. The van der Waals surface area contributed by atoms with Gasteiger partial charge >= 0.3 is 12.0 Å². The molecule has 19 heavy (non-hydrogen) atoms. The summed E-state index contributed by atoms with van der Waals surface area (Å²) in [6.45, 7) is 3.63. The van der Waals surface area contributed by atoms with Gasteiger partial charge in [0.2, 0.25) is 5.95 Å². The molecule has 0 aliphatic rings. The van der Waals surface area contributed by atoms with Crippen molar-refractivity contribution >= 4 is 5.95 Å². The van der Waals surface area contributed by atoms with Gasteiger partial charge in [0.25, 0.3) is 0 Å². The van der Waals surface area contributed by atoms with Gasteiger partial charge in [0.05, 0.1) is 14.2 Å². The Labute approximate surface area is 113 Å². The van der Waals surface area contributed by atoms with Crippen molar-refractivity contribution < 1.29 is 9.47 Å². The molecule has 7 heteroatoms. The molecule has 108 valence electrons. The summed E-state index contributed by atoms with van der Waals surface area (Å²) in [7, 11) is 3.01. The Kier molecular flexibility index (Phi) is 6.88. The summed E-state index contributed by atoms with van der Waals surface area (Å²) in [6.07, 6.45) is 3.25. The minimum Gasteiger partial charge on any atom is -0.467 e. The van der Waals surface area contributed by atoms with Crippen LogP contribution in [0.25, 0.3) is 0 Å². The first-order chi connectivity index (χ1) is 9.23. The average Bonchev–Trinajstić information content (AvgIpc) is 2.44. The molecule has 1 heterocycles. The molecule has 1 unspecified atom stereocenters. The fourth-order valence-corrected chi connectivity index (χ4v) is 1.83. The Hall–Kier alpha value is -1.63. The molecular weight excluding hydrogens is 246 g/mol. The average molecular weight is 269 g/mol. The quantitative estimate of drug-likeness (QED) is 0.692. The fourth-order valence-electron chi connectivity index (χ4n) is 1.83. The number of nitrogens with zero attached hydrogens (tertiary/aromatic N) is 3. The van der Waals surface area contributed by atoms with E-state index in [0.717, 1.165) is 25.8 Å². The second-order valence-electron chi connectivity index (χ2n) is 4.25. The molecule has 0 bridgehead atoms. The van der Waals surface area contributed by atoms with Crippen LogP contribution in [0, 0.1) is 5.92 Å². The lowest BCUT2D eigenvalue weighted by Crippen LogP contribution is -2.19. The zero-order valence-corrected chi connectivity index (χ0v) is 11.8. The number of anilines is 1. The van der Waals surface area contributed by atoms with Crippen LogP contribution in [0.4, 0.5) is 5.95 Å². The number of nitrogens with two attached hydrogens (primary N) is 1. The maximum Gasteiger partial charge on any atom is 0.324 e. The van der Waals surface area contributed by atoms with Crippen molar-refractivity contribution in [2.24, 2.45) is 11.7 Å². The third-order valence-corrected chi connectivity index (χ3v) is 2.78. The van der Waals surface area contributed by atoms with Crippen molar-refractivity contribution in [3.05, 3.63) is 0 Å². The van der Waals surface area contributed by atoms with E-state index in [-0.39, 0.29) is 12.0 Å². The van der Waals surface area contributed by atoms with Crippen molar-refractivity contribution in [3.8, 4) is 12.0 Å². The van der Waals surface area contributed by atoms with Crippen molar-refractivity contribution in [2.75, 3.05) is 32.6 Å². The molecule has 0 radical (unpaired) electrons. The molecule has 0 aliphatic carbocycles. The molecule has 0 amide bonds.